The van der Waals surface area contributed by atoms with Crippen LogP contribution in [-0.2, 0) is 9.59 Å². The molecule has 0 heterocycles. The Morgan fingerprint density at radius 1 is 1.24 bits per heavy atom. The highest BCUT2D eigenvalue weighted by molar-refractivity contribution is 5.78. The highest BCUT2D eigenvalue weighted by Crippen LogP contribution is 2.13. The van der Waals surface area contributed by atoms with Crippen LogP contribution in [0.3, 0.4) is 0 Å². The fraction of sp³-hybridized carbons (Fsp3) is 0.833. The Hall–Kier alpha value is -1.10. The molecule has 4 N–H and O–H groups in total. The number of nitrogens with one attached hydrogen (secondary N) is 2. The standard InChI is InChI=1S/C12H25N3O2/c1-9(2)6-10(8-13)7-12(17)15-5-4-11(16)14-3/h9-10H,4-8,13H2,1-3H3,(H,14,16)(H,15,17)/t10-/m0/s1. The average molecular weight is 243 g/mol. The largest absolute Gasteiger partial charge is 0.359 e. The van der Waals surface area contributed by atoms with Gasteiger partial charge in [0, 0.05) is 26.4 Å². The molecule has 0 aromatic heterocycles. The van der Waals surface area contributed by atoms with E-state index in [1.54, 1.807) is 7.05 Å². The minimum atomic E-state index is -0.0668. The highest BCUT2D eigenvalue weighted by atomic mass is 16.2. The summed E-state index contributed by atoms with van der Waals surface area (Å²) in [5.74, 6) is 0.685. The first-order valence-electron chi connectivity index (χ1n) is 6.16. The van der Waals surface area contributed by atoms with Gasteiger partial charge in [-0.25, -0.2) is 0 Å². The molecular weight excluding hydrogens is 218 g/mol. The van der Waals surface area contributed by atoms with Gasteiger partial charge in [-0.3, -0.25) is 9.59 Å². The topological polar surface area (TPSA) is 84.2 Å². The first-order valence-corrected chi connectivity index (χ1v) is 6.16. The summed E-state index contributed by atoms with van der Waals surface area (Å²) in [6, 6.07) is 0. The van der Waals surface area contributed by atoms with E-state index >= 15 is 0 Å². The van der Waals surface area contributed by atoms with Crippen LogP contribution >= 0.6 is 0 Å². The van der Waals surface area contributed by atoms with Gasteiger partial charge >= 0.3 is 0 Å². The van der Waals surface area contributed by atoms with Crippen molar-refractivity contribution in [2.45, 2.75) is 33.1 Å². The molecule has 1 atom stereocenters. The average Bonchev–Trinajstić information content (AvgIpc) is 2.27. The molecule has 0 fully saturated rings. The van der Waals surface area contributed by atoms with E-state index in [1.165, 1.54) is 0 Å². The Kier molecular flexibility index (Phi) is 8.40. The smallest absolute Gasteiger partial charge is 0.221 e. The number of carbonyl (C=O) groups excluding carboxylic acids is 2. The summed E-state index contributed by atoms with van der Waals surface area (Å²) in [7, 11) is 1.58. The van der Waals surface area contributed by atoms with Crippen molar-refractivity contribution in [2.24, 2.45) is 17.6 Å². The molecule has 0 radical (unpaired) electrons. The molecule has 0 aliphatic rings. The van der Waals surface area contributed by atoms with Gasteiger partial charge in [0.1, 0.15) is 0 Å². The van der Waals surface area contributed by atoms with Gasteiger partial charge in [-0.05, 0) is 24.8 Å². The van der Waals surface area contributed by atoms with Crippen LogP contribution in [0.1, 0.15) is 33.1 Å². The third-order valence-electron chi connectivity index (χ3n) is 2.57. The van der Waals surface area contributed by atoms with Crippen LogP contribution in [0.15, 0.2) is 0 Å². The zero-order valence-electron chi connectivity index (χ0n) is 11.1. The molecule has 0 aromatic rings. The lowest BCUT2D eigenvalue weighted by molar-refractivity contribution is -0.122. The van der Waals surface area contributed by atoms with Crippen LogP contribution < -0.4 is 16.4 Å². The fourth-order valence-electron chi connectivity index (χ4n) is 1.70. The van der Waals surface area contributed by atoms with E-state index in [-0.39, 0.29) is 17.7 Å². The normalized spacial score (nSPS) is 12.3. The summed E-state index contributed by atoms with van der Waals surface area (Å²) < 4.78 is 0. The van der Waals surface area contributed by atoms with E-state index in [0.29, 0.717) is 31.8 Å². The van der Waals surface area contributed by atoms with E-state index in [9.17, 15) is 9.59 Å². The van der Waals surface area contributed by atoms with E-state index < -0.39 is 0 Å². The maximum Gasteiger partial charge on any atom is 0.221 e. The molecule has 0 saturated carbocycles. The Balaban J connectivity index is 3.79. The predicted octanol–water partition coefficient (Wildman–Crippen LogP) is 0.250. The molecule has 0 aliphatic heterocycles. The lowest BCUT2D eigenvalue weighted by atomic mass is 9.94. The summed E-state index contributed by atoms with van der Waals surface area (Å²) in [5.41, 5.74) is 5.62. The molecule has 2 amide bonds. The second kappa shape index (κ2) is 8.98. The van der Waals surface area contributed by atoms with E-state index in [0.717, 1.165) is 6.42 Å². The van der Waals surface area contributed by atoms with Crippen molar-refractivity contribution in [3.05, 3.63) is 0 Å². The third-order valence-corrected chi connectivity index (χ3v) is 2.57. The molecule has 17 heavy (non-hydrogen) atoms. The molecule has 5 nitrogen and oxygen atoms in total. The summed E-state index contributed by atoms with van der Waals surface area (Å²) in [6.45, 7) is 5.15. The van der Waals surface area contributed by atoms with Gasteiger partial charge < -0.3 is 16.4 Å². The van der Waals surface area contributed by atoms with Crippen molar-refractivity contribution >= 4 is 11.8 Å². The molecule has 0 saturated heterocycles. The summed E-state index contributed by atoms with van der Waals surface area (Å²) in [6.07, 6.45) is 1.72. The van der Waals surface area contributed by atoms with Crippen molar-refractivity contribution in [3.8, 4) is 0 Å². The van der Waals surface area contributed by atoms with Gasteiger partial charge in [-0.2, -0.15) is 0 Å². The second-order valence-electron chi connectivity index (χ2n) is 4.71. The molecule has 0 unspecified atom stereocenters. The third kappa shape index (κ3) is 8.68. The number of hydrogen-bond donors (Lipinski definition) is 3. The van der Waals surface area contributed by atoms with Crippen molar-refractivity contribution < 1.29 is 9.59 Å². The quantitative estimate of drug-likeness (QED) is 0.571. The zero-order valence-corrected chi connectivity index (χ0v) is 11.1. The monoisotopic (exact) mass is 243 g/mol. The van der Waals surface area contributed by atoms with Gasteiger partial charge in [0.25, 0.3) is 0 Å². The zero-order chi connectivity index (χ0) is 13.3. The summed E-state index contributed by atoms with van der Waals surface area (Å²) in [4.78, 5) is 22.5. The van der Waals surface area contributed by atoms with Crippen LogP contribution in [0.2, 0.25) is 0 Å². The van der Waals surface area contributed by atoms with Crippen LogP contribution in [0.25, 0.3) is 0 Å². The van der Waals surface area contributed by atoms with Gasteiger partial charge in [0.2, 0.25) is 11.8 Å². The Morgan fingerprint density at radius 2 is 1.88 bits per heavy atom. The maximum atomic E-state index is 11.6. The number of rotatable bonds is 8. The van der Waals surface area contributed by atoms with Crippen LogP contribution in [0.5, 0.6) is 0 Å². The number of nitrogens with two attached hydrogens (primary N) is 1. The Labute approximate surface area is 104 Å². The molecule has 5 heteroatoms. The van der Waals surface area contributed by atoms with Crippen molar-refractivity contribution in [1.82, 2.24) is 10.6 Å². The first-order chi connectivity index (χ1) is 7.99. The van der Waals surface area contributed by atoms with E-state index in [4.69, 9.17) is 5.73 Å². The van der Waals surface area contributed by atoms with Crippen molar-refractivity contribution in [3.63, 3.8) is 0 Å². The molecule has 0 aromatic carbocycles. The minimum Gasteiger partial charge on any atom is -0.359 e. The van der Waals surface area contributed by atoms with Crippen molar-refractivity contribution in [1.29, 1.82) is 0 Å². The van der Waals surface area contributed by atoms with E-state index in [1.807, 2.05) is 0 Å². The first kappa shape index (κ1) is 15.9. The molecule has 0 bridgehead atoms. The predicted molar refractivity (Wildman–Crippen MR) is 68.3 cm³/mol. The van der Waals surface area contributed by atoms with E-state index in [2.05, 4.69) is 24.5 Å². The number of carbonyl (C=O) groups is 2. The molecule has 0 aliphatic carbocycles. The molecule has 0 rings (SSSR count). The minimum absolute atomic E-state index is 0.0231. The van der Waals surface area contributed by atoms with Gasteiger partial charge in [0.05, 0.1) is 0 Å². The Bertz CT molecular complexity index is 242. The SMILES string of the molecule is CNC(=O)CCNC(=O)C[C@@H](CN)CC(C)C. The maximum absolute atomic E-state index is 11.6. The molecule has 0 spiro atoms. The Morgan fingerprint density at radius 3 is 2.35 bits per heavy atom. The van der Waals surface area contributed by atoms with Gasteiger partial charge in [-0.15, -0.1) is 0 Å². The van der Waals surface area contributed by atoms with Crippen LogP contribution in [0.4, 0.5) is 0 Å². The summed E-state index contributed by atoms with van der Waals surface area (Å²) in [5, 5.41) is 5.24. The van der Waals surface area contributed by atoms with Crippen LogP contribution in [0, 0.1) is 11.8 Å². The lowest BCUT2D eigenvalue weighted by Crippen LogP contribution is -2.32. The van der Waals surface area contributed by atoms with Gasteiger partial charge in [-0.1, -0.05) is 13.8 Å². The summed E-state index contributed by atoms with van der Waals surface area (Å²) >= 11 is 0. The van der Waals surface area contributed by atoms with Crippen molar-refractivity contribution in [2.75, 3.05) is 20.1 Å². The fourth-order valence-corrected chi connectivity index (χ4v) is 1.70. The lowest BCUT2D eigenvalue weighted by Gasteiger charge is -2.16. The highest BCUT2D eigenvalue weighted by Gasteiger charge is 2.13. The number of amides is 2. The number of hydrogen-bond acceptors (Lipinski definition) is 3. The molecular formula is C12H25N3O2. The second-order valence-corrected chi connectivity index (χ2v) is 4.71. The van der Waals surface area contributed by atoms with Gasteiger partial charge in [0.15, 0.2) is 0 Å². The van der Waals surface area contributed by atoms with Crippen LogP contribution in [-0.4, -0.2) is 32.0 Å². The molecule has 100 valence electrons.